The fraction of sp³-hybridized carbons (Fsp3) is 0.263. The zero-order valence-electron chi connectivity index (χ0n) is 15.6. The SMILES string of the molecule is O=C(C[NH+]1CCN(S(=O)(=O)c2cccc(F)c2)CC1)NC(=O)Nc1ccccc1. The maximum Gasteiger partial charge on any atom is 0.326 e. The molecule has 1 heterocycles. The number of nitrogens with one attached hydrogen (secondary N) is 3. The summed E-state index contributed by atoms with van der Waals surface area (Å²) >= 11 is 0. The molecule has 10 heteroatoms. The Balaban J connectivity index is 1.48. The van der Waals surface area contributed by atoms with Gasteiger partial charge >= 0.3 is 6.03 Å². The number of amides is 3. The molecular formula is C19H22FN4O4S+. The first-order valence-electron chi connectivity index (χ1n) is 9.10. The number of rotatable bonds is 5. The second-order valence-electron chi connectivity index (χ2n) is 6.66. The van der Waals surface area contributed by atoms with Gasteiger partial charge < -0.3 is 10.2 Å². The van der Waals surface area contributed by atoms with E-state index >= 15 is 0 Å². The highest BCUT2D eigenvalue weighted by Crippen LogP contribution is 2.16. The molecule has 0 bridgehead atoms. The average molecular weight is 421 g/mol. The molecule has 0 spiro atoms. The minimum atomic E-state index is -3.77. The molecule has 3 rings (SSSR count). The quantitative estimate of drug-likeness (QED) is 0.636. The van der Waals surface area contributed by atoms with Gasteiger partial charge in [-0.25, -0.2) is 17.6 Å². The number of urea groups is 1. The summed E-state index contributed by atoms with van der Waals surface area (Å²) in [7, 11) is -3.77. The van der Waals surface area contributed by atoms with Gasteiger partial charge in [-0.05, 0) is 30.3 Å². The largest absolute Gasteiger partial charge is 0.326 e. The fourth-order valence-corrected chi connectivity index (χ4v) is 4.55. The first-order chi connectivity index (χ1) is 13.8. The van der Waals surface area contributed by atoms with Crippen molar-refractivity contribution in [1.29, 1.82) is 0 Å². The van der Waals surface area contributed by atoms with Crippen LogP contribution in [0.3, 0.4) is 0 Å². The van der Waals surface area contributed by atoms with Crippen LogP contribution in [-0.4, -0.2) is 57.4 Å². The van der Waals surface area contributed by atoms with Crippen molar-refractivity contribution in [2.45, 2.75) is 4.90 Å². The third kappa shape index (κ3) is 5.59. The van der Waals surface area contributed by atoms with E-state index in [0.717, 1.165) is 11.0 Å². The zero-order valence-corrected chi connectivity index (χ0v) is 16.4. The molecule has 0 radical (unpaired) electrons. The van der Waals surface area contributed by atoms with Crippen molar-refractivity contribution in [2.24, 2.45) is 0 Å². The zero-order chi connectivity index (χ0) is 20.9. The van der Waals surface area contributed by atoms with Crippen molar-refractivity contribution in [3.63, 3.8) is 0 Å². The Morgan fingerprint density at radius 2 is 1.72 bits per heavy atom. The van der Waals surface area contributed by atoms with Crippen LogP contribution in [0.25, 0.3) is 0 Å². The summed E-state index contributed by atoms with van der Waals surface area (Å²) in [6, 6.07) is 13.0. The van der Waals surface area contributed by atoms with Crippen molar-refractivity contribution in [2.75, 3.05) is 38.0 Å². The number of para-hydroxylation sites is 1. The summed E-state index contributed by atoms with van der Waals surface area (Å²) < 4.78 is 39.8. The number of carbonyl (C=O) groups excluding carboxylic acids is 2. The van der Waals surface area contributed by atoms with Crippen molar-refractivity contribution in [3.05, 3.63) is 60.4 Å². The van der Waals surface area contributed by atoms with E-state index in [2.05, 4.69) is 10.6 Å². The van der Waals surface area contributed by atoms with Crippen LogP contribution in [-0.2, 0) is 14.8 Å². The van der Waals surface area contributed by atoms with Crippen molar-refractivity contribution in [1.82, 2.24) is 9.62 Å². The molecule has 3 amide bonds. The number of quaternary nitrogens is 1. The molecular weight excluding hydrogens is 399 g/mol. The number of benzene rings is 2. The lowest BCUT2D eigenvalue weighted by Gasteiger charge is -2.31. The number of nitrogens with zero attached hydrogens (tertiary/aromatic N) is 1. The van der Waals surface area contributed by atoms with Gasteiger partial charge in [0.2, 0.25) is 10.0 Å². The van der Waals surface area contributed by atoms with Gasteiger partial charge in [0.15, 0.2) is 6.54 Å². The number of hydrogen-bond acceptors (Lipinski definition) is 4. The fourth-order valence-electron chi connectivity index (χ4n) is 3.08. The van der Waals surface area contributed by atoms with Crippen LogP contribution in [0.4, 0.5) is 14.9 Å². The highest BCUT2D eigenvalue weighted by molar-refractivity contribution is 7.89. The predicted molar refractivity (Wildman–Crippen MR) is 104 cm³/mol. The van der Waals surface area contributed by atoms with Gasteiger partial charge in [0, 0.05) is 5.69 Å². The summed E-state index contributed by atoms with van der Waals surface area (Å²) in [6.07, 6.45) is 0. The molecule has 0 aliphatic carbocycles. The smallest absolute Gasteiger partial charge is 0.325 e. The van der Waals surface area contributed by atoms with Gasteiger partial charge in [0.05, 0.1) is 31.1 Å². The van der Waals surface area contributed by atoms with Crippen LogP contribution in [0.5, 0.6) is 0 Å². The lowest BCUT2D eigenvalue weighted by Crippen LogP contribution is -3.15. The second-order valence-corrected chi connectivity index (χ2v) is 8.59. The minimum absolute atomic E-state index is 0.0516. The highest BCUT2D eigenvalue weighted by Gasteiger charge is 2.31. The Morgan fingerprint density at radius 1 is 1.03 bits per heavy atom. The average Bonchev–Trinajstić information content (AvgIpc) is 2.69. The monoisotopic (exact) mass is 421 g/mol. The summed E-state index contributed by atoms with van der Waals surface area (Å²) in [6.45, 7) is 1.27. The number of hydrogen-bond donors (Lipinski definition) is 3. The van der Waals surface area contributed by atoms with E-state index in [-0.39, 0.29) is 24.5 Å². The van der Waals surface area contributed by atoms with Crippen LogP contribution in [0.15, 0.2) is 59.5 Å². The molecule has 0 saturated carbocycles. The number of halogens is 1. The Labute approximate surface area is 168 Å². The summed E-state index contributed by atoms with van der Waals surface area (Å²) in [4.78, 5) is 24.7. The number of sulfonamides is 1. The molecule has 154 valence electrons. The molecule has 0 aromatic heterocycles. The molecule has 1 aliphatic rings. The maximum atomic E-state index is 13.3. The Bertz CT molecular complexity index is 977. The third-order valence-electron chi connectivity index (χ3n) is 4.56. The van der Waals surface area contributed by atoms with E-state index in [9.17, 15) is 22.4 Å². The van der Waals surface area contributed by atoms with Gasteiger partial charge in [-0.1, -0.05) is 24.3 Å². The molecule has 1 fully saturated rings. The van der Waals surface area contributed by atoms with Crippen LogP contribution in [0.2, 0.25) is 0 Å². The number of anilines is 1. The van der Waals surface area contributed by atoms with Crippen molar-refractivity contribution >= 4 is 27.6 Å². The first kappa shape index (κ1) is 20.9. The lowest BCUT2D eigenvalue weighted by molar-refractivity contribution is -0.895. The molecule has 3 N–H and O–H groups in total. The molecule has 0 atom stereocenters. The molecule has 8 nitrogen and oxygen atoms in total. The number of carbonyl (C=O) groups is 2. The maximum absolute atomic E-state index is 13.3. The van der Waals surface area contributed by atoms with Crippen molar-refractivity contribution in [3.8, 4) is 0 Å². The molecule has 0 unspecified atom stereocenters. The predicted octanol–water partition coefficient (Wildman–Crippen LogP) is 0.0632. The second kappa shape index (κ2) is 9.12. The van der Waals surface area contributed by atoms with E-state index in [1.54, 1.807) is 24.3 Å². The Morgan fingerprint density at radius 3 is 2.38 bits per heavy atom. The van der Waals surface area contributed by atoms with Gasteiger partial charge in [0.1, 0.15) is 5.82 Å². The first-order valence-corrected chi connectivity index (χ1v) is 10.5. The summed E-state index contributed by atoms with van der Waals surface area (Å²) in [5, 5.41) is 4.83. The molecule has 2 aromatic rings. The molecule has 1 saturated heterocycles. The standard InChI is InChI=1S/C19H21FN4O4S/c20-15-5-4-8-17(13-15)29(27,28)24-11-9-23(10-12-24)14-18(25)22-19(26)21-16-6-2-1-3-7-16/h1-8,13H,9-12,14H2,(H2,21,22,25,26)/p+1. The number of piperazine rings is 1. The summed E-state index contributed by atoms with van der Waals surface area (Å²) in [5.74, 6) is -1.06. The Hall–Kier alpha value is -2.82. The van der Waals surface area contributed by atoms with E-state index in [1.807, 2.05) is 6.07 Å². The van der Waals surface area contributed by atoms with Crippen LogP contribution < -0.4 is 15.5 Å². The van der Waals surface area contributed by atoms with E-state index in [1.165, 1.54) is 22.5 Å². The molecule has 29 heavy (non-hydrogen) atoms. The van der Waals surface area contributed by atoms with Crippen LogP contribution >= 0.6 is 0 Å². The van der Waals surface area contributed by atoms with E-state index in [4.69, 9.17) is 0 Å². The topological polar surface area (TPSA) is 100 Å². The minimum Gasteiger partial charge on any atom is -0.325 e. The number of imide groups is 1. The molecule has 2 aromatic carbocycles. The van der Waals surface area contributed by atoms with Crippen LogP contribution in [0, 0.1) is 5.82 Å². The third-order valence-corrected chi connectivity index (χ3v) is 6.45. The molecule has 1 aliphatic heterocycles. The van der Waals surface area contributed by atoms with Crippen molar-refractivity contribution < 1.29 is 27.3 Å². The van der Waals surface area contributed by atoms with Crippen LogP contribution in [0.1, 0.15) is 0 Å². The van der Waals surface area contributed by atoms with E-state index < -0.39 is 27.8 Å². The van der Waals surface area contributed by atoms with Gasteiger partial charge in [-0.15, -0.1) is 0 Å². The Kier molecular flexibility index (Phi) is 6.57. The summed E-state index contributed by atoms with van der Waals surface area (Å²) in [5.41, 5.74) is 0.571. The van der Waals surface area contributed by atoms with Gasteiger partial charge in [-0.2, -0.15) is 4.31 Å². The van der Waals surface area contributed by atoms with Gasteiger partial charge in [0.25, 0.3) is 5.91 Å². The van der Waals surface area contributed by atoms with E-state index in [0.29, 0.717) is 18.8 Å². The lowest BCUT2D eigenvalue weighted by atomic mass is 10.3. The highest BCUT2D eigenvalue weighted by atomic mass is 32.2. The van der Waals surface area contributed by atoms with Gasteiger partial charge in [-0.3, -0.25) is 10.1 Å². The normalized spacial score (nSPS) is 15.6.